The lowest BCUT2D eigenvalue weighted by Crippen LogP contribution is -2.25. The Kier molecular flexibility index (Phi) is 5.31. The minimum Gasteiger partial charge on any atom is -0.494 e. The molecule has 0 aliphatic rings. The van der Waals surface area contributed by atoms with Gasteiger partial charge in [-0.3, -0.25) is 9.59 Å². The van der Waals surface area contributed by atoms with Gasteiger partial charge in [0.25, 0.3) is 5.56 Å². The van der Waals surface area contributed by atoms with E-state index in [9.17, 15) is 9.59 Å². The Labute approximate surface area is 158 Å². The fourth-order valence-electron chi connectivity index (χ4n) is 3.32. The molecule has 3 rings (SSSR count). The van der Waals surface area contributed by atoms with E-state index in [4.69, 9.17) is 4.74 Å². The smallest absolute Gasteiger partial charge is 0.253 e. The quantitative estimate of drug-likeness (QED) is 0.625. The van der Waals surface area contributed by atoms with E-state index in [1.807, 2.05) is 55.7 Å². The SMILES string of the molecule is CCOc1ccc(-n2c(C)cc(C(=O)Cn3cccc(C)c3=O)c2C)cc1. The van der Waals surface area contributed by atoms with Crippen LogP contribution in [-0.2, 0) is 6.54 Å². The molecule has 0 atom stereocenters. The third-order valence-electron chi connectivity index (χ3n) is 4.66. The highest BCUT2D eigenvalue weighted by molar-refractivity contribution is 5.97. The van der Waals surface area contributed by atoms with Crippen molar-refractivity contribution in [1.82, 2.24) is 9.13 Å². The van der Waals surface area contributed by atoms with Crippen LogP contribution in [0.15, 0.2) is 53.5 Å². The van der Waals surface area contributed by atoms with Gasteiger partial charge in [-0.2, -0.15) is 0 Å². The summed E-state index contributed by atoms with van der Waals surface area (Å²) in [7, 11) is 0. The Morgan fingerprint density at radius 2 is 1.78 bits per heavy atom. The minimum absolute atomic E-state index is 0.0358. The van der Waals surface area contributed by atoms with Crippen LogP contribution < -0.4 is 10.3 Å². The van der Waals surface area contributed by atoms with E-state index in [0.717, 1.165) is 22.8 Å². The summed E-state index contributed by atoms with van der Waals surface area (Å²) >= 11 is 0. The Bertz CT molecular complexity index is 1030. The van der Waals surface area contributed by atoms with E-state index in [1.54, 1.807) is 25.3 Å². The van der Waals surface area contributed by atoms with Gasteiger partial charge in [0.2, 0.25) is 0 Å². The molecule has 2 heterocycles. The largest absolute Gasteiger partial charge is 0.494 e. The molecule has 0 aliphatic heterocycles. The van der Waals surface area contributed by atoms with Gasteiger partial charge in [0.05, 0.1) is 13.2 Å². The van der Waals surface area contributed by atoms with Crippen molar-refractivity contribution >= 4 is 5.78 Å². The number of rotatable bonds is 6. The Morgan fingerprint density at radius 3 is 2.44 bits per heavy atom. The summed E-state index contributed by atoms with van der Waals surface area (Å²) in [6, 6.07) is 13.2. The summed E-state index contributed by atoms with van der Waals surface area (Å²) < 4.78 is 8.99. The average Bonchev–Trinajstić information content (AvgIpc) is 2.94. The van der Waals surface area contributed by atoms with Crippen LogP contribution in [0.5, 0.6) is 5.75 Å². The van der Waals surface area contributed by atoms with Gasteiger partial charge in [0.15, 0.2) is 5.78 Å². The predicted molar refractivity (Wildman–Crippen MR) is 106 cm³/mol. The molecule has 1 aromatic carbocycles. The van der Waals surface area contributed by atoms with Crippen LogP contribution in [0.2, 0.25) is 0 Å². The molecule has 0 radical (unpaired) electrons. The van der Waals surface area contributed by atoms with Crippen molar-refractivity contribution in [1.29, 1.82) is 0 Å². The Balaban J connectivity index is 1.92. The monoisotopic (exact) mass is 364 g/mol. The third-order valence-corrected chi connectivity index (χ3v) is 4.66. The number of ketones is 1. The maximum Gasteiger partial charge on any atom is 0.253 e. The number of aromatic nitrogens is 2. The van der Waals surface area contributed by atoms with Crippen LogP contribution in [0.3, 0.4) is 0 Å². The number of hydrogen-bond acceptors (Lipinski definition) is 3. The van der Waals surface area contributed by atoms with Crippen LogP contribution in [-0.4, -0.2) is 21.5 Å². The fraction of sp³-hybridized carbons (Fsp3) is 0.273. The molecule has 27 heavy (non-hydrogen) atoms. The molecule has 0 saturated heterocycles. The molecule has 0 amide bonds. The van der Waals surface area contributed by atoms with Gasteiger partial charge in [-0.1, -0.05) is 6.07 Å². The summed E-state index contributed by atoms with van der Waals surface area (Å²) in [6.07, 6.45) is 1.65. The Hall–Kier alpha value is -3.08. The van der Waals surface area contributed by atoms with Gasteiger partial charge in [-0.15, -0.1) is 0 Å². The molecule has 0 unspecified atom stereocenters. The molecule has 0 bridgehead atoms. The normalized spacial score (nSPS) is 10.8. The summed E-state index contributed by atoms with van der Waals surface area (Å²) in [5.41, 5.74) is 3.94. The first kappa shape index (κ1) is 18.7. The third kappa shape index (κ3) is 3.72. The Morgan fingerprint density at radius 1 is 1.07 bits per heavy atom. The molecule has 2 aromatic heterocycles. The van der Waals surface area contributed by atoms with E-state index in [1.165, 1.54) is 4.57 Å². The molecular weight excluding hydrogens is 340 g/mol. The first-order valence-corrected chi connectivity index (χ1v) is 9.03. The first-order chi connectivity index (χ1) is 12.9. The van der Waals surface area contributed by atoms with Crippen molar-refractivity contribution in [2.45, 2.75) is 34.2 Å². The van der Waals surface area contributed by atoms with Crippen LogP contribution in [0.1, 0.15) is 34.2 Å². The topological polar surface area (TPSA) is 53.2 Å². The van der Waals surface area contributed by atoms with Crippen molar-refractivity contribution in [3.05, 3.63) is 81.5 Å². The lowest BCUT2D eigenvalue weighted by atomic mass is 10.1. The average molecular weight is 364 g/mol. The van der Waals surface area contributed by atoms with Crippen LogP contribution in [0.25, 0.3) is 5.69 Å². The molecule has 3 aromatic rings. The summed E-state index contributed by atoms with van der Waals surface area (Å²) in [5, 5.41) is 0. The molecule has 0 aliphatic carbocycles. The van der Waals surface area contributed by atoms with Crippen molar-refractivity contribution in [3.8, 4) is 11.4 Å². The fourth-order valence-corrected chi connectivity index (χ4v) is 3.32. The highest BCUT2D eigenvalue weighted by Crippen LogP contribution is 2.23. The van der Waals surface area contributed by atoms with Crippen molar-refractivity contribution in [2.75, 3.05) is 6.61 Å². The molecule has 0 fully saturated rings. The van der Waals surface area contributed by atoms with Gasteiger partial charge in [-0.25, -0.2) is 0 Å². The zero-order valence-electron chi connectivity index (χ0n) is 16.2. The van der Waals surface area contributed by atoms with E-state index in [-0.39, 0.29) is 17.9 Å². The molecule has 140 valence electrons. The molecule has 0 spiro atoms. The van der Waals surface area contributed by atoms with E-state index < -0.39 is 0 Å². The number of hydrogen-bond donors (Lipinski definition) is 0. The summed E-state index contributed by atoms with van der Waals surface area (Å²) in [4.78, 5) is 25.0. The van der Waals surface area contributed by atoms with Gasteiger partial charge in [0.1, 0.15) is 5.75 Å². The van der Waals surface area contributed by atoms with Crippen LogP contribution in [0, 0.1) is 20.8 Å². The number of pyridine rings is 1. The number of nitrogens with zero attached hydrogens (tertiary/aromatic N) is 2. The predicted octanol–water partition coefficient (Wildman–Crippen LogP) is 3.85. The minimum atomic E-state index is -0.133. The highest BCUT2D eigenvalue weighted by Gasteiger charge is 2.17. The van der Waals surface area contributed by atoms with Gasteiger partial charge < -0.3 is 13.9 Å². The van der Waals surface area contributed by atoms with Gasteiger partial charge >= 0.3 is 0 Å². The van der Waals surface area contributed by atoms with Crippen LogP contribution in [0.4, 0.5) is 0 Å². The second kappa shape index (κ2) is 7.66. The second-order valence-electron chi connectivity index (χ2n) is 6.59. The number of Topliss-reactive ketones (excluding diaryl/α,β-unsaturated/α-hetero) is 1. The van der Waals surface area contributed by atoms with Crippen LogP contribution >= 0.6 is 0 Å². The number of carbonyl (C=O) groups excluding carboxylic acids is 1. The highest BCUT2D eigenvalue weighted by atomic mass is 16.5. The molecule has 5 nitrogen and oxygen atoms in total. The molecule has 5 heteroatoms. The van der Waals surface area contributed by atoms with E-state index in [2.05, 4.69) is 0 Å². The molecule has 0 N–H and O–H groups in total. The maximum atomic E-state index is 12.8. The number of ether oxygens (including phenoxy) is 1. The van der Waals surface area contributed by atoms with Crippen molar-refractivity contribution in [3.63, 3.8) is 0 Å². The van der Waals surface area contributed by atoms with E-state index >= 15 is 0 Å². The zero-order chi connectivity index (χ0) is 19.6. The lowest BCUT2D eigenvalue weighted by molar-refractivity contribution is 0.0970. The van der Waals surface area contributed by atoms with Gasteiger partial charge in [0, 0.05) is 34.4 Å². The van der Waals surface area contributed by atoms with Gasteiger partial charge in [-0.05, 0) is 64.1 Å². The summed E-state index contributed by atoms with van der Waals surface area (Å²) in [5.74, 6) is 0.742. The first-order valence-electron chi connectivity index (χ1n) is 9.03. The second-order valence-corrected chi connectivity index (χ2v) is 6.59. The maximum absolute atomic E-state index is 12.8. The number of aryl methyl sites for hydroxylation is 2. The zero-order valence-corrected chi connectivity index (χ0v) is 16.2. The van der Waals surface area contributed by atoms with Crippen molar-refractivity contribution < 1.29 is 9.53 Å². The lowest BCUT2D eigenvalue weighted by Gasteiger charge is -2.11. The van der Waals surface area contributed by atoms with Crippen molar-refractivity contribution in [2.24, 2.45) is 0 Å². The molecular formula is C22H24N2O3. The number of carbonyl (C=O) groups is 1. The molecule has 0 saturated carbocycles. The standard InChI is InChI=1S/C22H24N2O3/c1-5-27-19-10-8-18(9-11-19)24-16(3)13-20(17(24)4)21(25)14-23-12-6-7-15(2)22(23)26/h6-13H,5,14H2,1-4H3. The summed E-state index contributed by atoms with van der Waals surface area (Å²) in [6.45, 7) is 8.26. The van der Waals surface area contributed by atoms with E-state index in [0.29, 0.717) is 17.7 Å². The number of benzene rings is 1.